The molecule has 2 aromatic rings. The van der Waals surface area contributed by atoms with E-state index in [0.717, 1.165) is 63.2 Å². The first-order chi connectivity index (χ1) is 11.6. The van der Waals surface area contributed by atoms with E-state index in [-0.39, 0.29) is 0 Å². The average molecular weight is 329 g/mol. The predicted molar refractivity (Wildman–Crippen MR) is 96.9 cm³/mol. The number of carboxylic acid groups (broad SMARTS) is 1. The average Bonchev–Trinajstić information content (AvgIpc) is 2.92. The first-order valence-electron chi connectivity index (χ1n) is 8.89. The SMILES string of the molecule is CCn1cc(CCCN2CCNCC2)c2cc(C)c(C(=O)O)cc21. The number of hydrogen-bond acceptors (Lipinski definition) is 3. The Balaban J connectivity index is 1.79. The van der Waals surface area contributed by atoms with E-state index in [0.29, 0.717) is 5.56 Å². The Bertz CT molecular complexity index is 730. The summed E-state index contributed by atoms with van der Waals surface area (Å²) in [6.07, 6.45) is 4.38. The number of piperazine rings is 1. The fourth-order valence-corrected chi connectivity index (χ4v) is 3.64. The van der Waals surface area contributed by atoms with Crippen LogP contribution in [0.25, 0.3) is 10.9 Å². The second kappa shape index (κ2) is 7.36. The highest BCUT2D eigenvalue weighted by molar-refractivity contribution is 5.96. The van der Waals surface area contributed by atoms with Gasteiger partial charge in [-0.1, -0.05) is 0 Å². The molecule has 1 aromatic heterocycles. The van der Waals surface area contributed by atoms with Crippen molar-refractivity contribution in [1.29, 1.82) is 0 Å². The minimum atomic E-state index is -0.849. The quantitative estimate of drug-likeness (QED) is 0.855. The van der Waals surface area contributed by atoms with Gasteiger partial charge in [-0.05, 0) is 56.5 Å². The van der Waals surface area contributed by atoms with E-state index in [1.807, 2.05) is 19.1 Å². The second-order valence-corrected chi connectivity index (χ2v) is 6.62. The molecule has 24 heavy (non-hydrogen) atoms. The Morgan fingerprint density at radius 1 is 1.29 bits per heavy atom. The third-order valence-corrected chi connectivity index (χ3v) is 5.01. The number of aromatic carboxylic acids is 1. The topological polar surface area (TPSA) is 57.5 Å². The lowest BCUT2D eigenvalue weighted by Crippen LogP contribution is -2.43. The first-order valence-corrected chi connectivity index (χ1v) is 8.89. The van der Waals surface area contributed by atoms with E-state index >= 15 is 0 Å². The molecule has 1 aliphatic rings. The Kier molecular flexibility index (Phi) is 5.21. The summed E-state index contributed by atoms with van der Waals surface area (Å²) >= 11 is 0. The number of carbonyl (C=O) groups is 1. The number of benzene rings is 1. The molecule has 0 bridgehead atoms. The summed E-state index contributed by atoms with van der Waals surface area (Å²) in [6.45, 7) is 10.4. The van der Waals surface area contributed by atoms with E-state index < -0.39 is 5.97 Å². The number of aryl methyl sites for hydroxylation is 3. The van der Waals surface area contributed by atoms with E-state index in [4.69, 9.17) is 0 Å². The number of rotatable bonds is 6. The molecule has 0 atom stereocenters. The number of carboxylic acids is 1. The van der Waals surface area contributed by atoms with Gasteiger partial charge in [-0.15, -0.1) is 0 Å². The maximum absolute atomic E-state index is 11.4. The van der Waals surface area contributed by atoms with Crippen LogP contribution in [-0.2, 0) is 13.0 Å². The van der Waals surface area contributed by atoms with Gasteiger partial charge in [-0.2, -0.15) is 0 Å². The fraction of sp³-hybridized carbons (Fsp3) is 0.526. The van der Waals surface area contributed by atoms with Crippen molar-refractivity contribution in [3.8, 4) is 0 Å². The smallest absolute Gasteiger partial charge is 0.336 e. The molecule has 0 amide bonds. The number of fused-ring (bicyclic) bond motifs is 1. The first kappa shape index (κ1) is 17.0. The van der Waals surface area contributed by atoms with Gasteiger partial charge in [0.25, 0.3) is 0 Å². The Labute approximate surface area is 143 Å². The lowest BCUT2D eigenvalue weighted by molar-refractivity contribution is 0.0696. The van der Waals surface area contributed by atoms with Crippen LogP contribution >= 0.6 is 0 Å². The zero-order valence-corrected chi connectivity index (χ0v) is 14.6. The number of nitrogens with zero attached hydrogens (tertiary/aromatic N) is 2. The van der Waals surface area contributed by atoms with Crippen molar-refractivity contribution in [3.05, 3.63) is 35.0 Å². The summed E-state index contributed by atoms with van der Waals surface area (Å²) in [5, 5.41) is 14.0. The molecule has 1 saturated heterocycles. The minimum absolute atomic E-state index is 0.405. The van der Waals surface area contributed by atoms with Gasteiger partial charge in [0.2, 0.25) is 0 Å². The van der Waals surface area contributed by atoms with Crippen LogP contribution in [0, 0.1) is 6.92 Å². The van der Waals surface area contributed by atoms with Crippen molar-refractivity contribution >= 4 is 16.9 Å². The molecule has 2 heterocycles. The fourth-order valence-electron chi connectivity index (χ4n) is 3.64. The molecule has 0 spiro atoms. The molecule has 0 unspecified atom stereocenters. The second-order valence-electron chi connectivity index (χ2n) is 6.62. The molecule has 5 nitrogen and oxygen atoms in total. The summed E-state index contributed by atoms with van der Waals surface area (Å²) < 4.78 is 2.17. The summed E-state index contributed by atoms with van der Waals surface area (Å²) in [7, 11) is 0. The van der Waals surface area contributed by atoms with Gasteiger partial charge in [0.05, 0.1) is 5.56 Å². The van der Waals surface area contributed by atoms with Crippen LogP contribution in [0.1, 0.15) is 34.8 Å². The van der Waals surface area contributed by atoms with Crippen LogP contribution in [0.15, 0.2) is 18.3 Å². The van der Waals surface area contributed by atoms with Crippen LogP contribution in [0.2, 0.25) is 0 Å². The summed E-state index contributed by atoms with van der Waals surface area (Å²) in [6, 6.07) is 3.88. The Morgan fingerprint density at radius 2 is 2.04 bits per heavy atom. The van der Waals surface area contributed by atoms with Gasteiger partial charge < -0.3 is 19.9 Å². The van der Waals surface area contributed by atoms with Crippen LogP contribution < -0.4 is 5.32 Å². The summed E-state index contributed by atoms with van der Waals surface area (Å²) in [5.74, 6) is -0.849. The molecule has 1 aromatic carbocycles. The highest BCUT2D eigenvalue weighted by atomic mass is 16.4. The van der Waals surface area contributed by atoms with Gasteiger partial charge in [0, 0.05) is 49.8 Å². The van der Waals surface area contributed by atoms with E-state index in [1.165, 1.54) is 10.9 Å². The largest absolute Gasteiger partial charge is 0.478 e. The lowest BCUT2D eigenvalue weighted by Gasteiger charge is -2.26. The normalized spacial score (nSPS) is 15.9. The van der Waals surface area contributed by atoms with Crippen LogP contribution in [0.5, 0.6) is 0 Å². The number of nitrogens with one attached hydrogen (secondary N) is 1. The van der Waals surface area contributed by atoms with Crippen molar-refractivity contribution in [2.45, 2.75) is 33.2 Å². The lowest BCUT2D eigenvalue weighted by atomic mass is 10.0. The molecular formula is C19H27N3O2. The number of hydrogen-bond donors (Lipinski definition) is 2. The van der Waals surface area contributed by atoms with Crippen molar-refractivity contribution in [2.24, 2.45) is 0 Å². The number of aromatic nitrogens is 1. The maximum Gasteiger partial charge on any atom is 0.336 e. The third-order valence-electron chi connectivity index (χ3n) is 5.01. The molecule has 2 N–H and O–H groups in total. The van der Waals surface area contributed by atoms with Crippen molar-refractivity contribution in [1.82, 2.24) is 14.8 Å². The van der Waals surface area contributed by atoms with Crippen molar-refractivity contribution in [3.63, 3.8) is 0 Å². The molecule has 0 saturated carbocycles. The van der Waals surface area contributed by atoms with Gasteiger partial charge in [-0.3, -0.25) is 0 Å². The highest BCUT2D eigenvalue weighted by Gasteiger charge is 2.15. The van der Waals surface area contributed by atoms with Crippen molar-refractivity contribution in [2.75, 3.05) is 32.7 Å². The van der Waals surface area contributed by atoms with Gasteiger partial charge in [-0.25, -0.2) is 4.79 Å². The minimum Gasteiger partial charge on any atom is -0.478 e. The van der Waals surface area contributed by atoms with Gasteiger partial charge in [0.1, 0.15) is 0 Å². The maximum atomic E-state index is 11.4. The molecule has 1 aliphatic heterocycles. The van der Waals surface area contributed by atoms with E-state index in [9.17, 15) is 9.90 Å². The third kappa shape index (κ3) is 3.47. The standard InChI is InChI=1S/C19H27N3O2/c1-3-22-13-15(5-4-8-21-9-6-20-7-10-21)17-11-14(2)16(19(23)24)12-18(17)22/h11-13,20H,3-10H2,1-2H3,(H,23,24). The Morgan fingerprint density at radius 3 is 2.71 bits per heavy atom. The van der Waals surface area contributed by atoms with Gasteiger partial charge in [0.15, 0.2) is 0 Å². The molecule has 1 fully saturated rings. The molecule has 0 radical (unpaired) electrons. The van der Waals surface area contributed by atoms with Crippen LogP contribution in [-0.4, -0.2) is 53.3 Å². The summed E-state index contributed by atoms with van der Waals surface area (Å²) in [4.78, 5) is 13.9. The van der Waals surface area contributed by atoms with E-state index in [2.05, 4.69) is 27.9 Å². The monoisotopic (exact) mass is 329 g/mol. The zero-order chi connectivity index (χ0) is 17.1. The molecule has 130 valence electrons. The molecule has 0 aliphatic carbocycles. The van der Waals surface area contributed by atoms with Crippen molar-refractivity contribution < 1.29 is 9.90 Å². The van der Waals surface area contributed by atoms with Crippen LogP contribution in [0.4, 0.5) is 0 Å². The molecule has 5 heteroatoms. The summed E-state index contributed by atoms with van der Waals surface area (Å²) in [5.41, 5.74) is 3.62. The Hall–Kier alpha value is -1.85. The van der Waals surface area contributed by atoms with Gasteiger partial charge >= 0.3 is 5.97 Å². The zero-order valence-electron chi connectivity index (χ0n) is 14.6. The molecule has 3 rings (SSSR count). The predicted octanol–water partition coefficient (Wildman–Crippen LogP) is 2.51. The van der Waals surface area contributed by atoms with Crippen LogP contribution in [0.3, 0.4) is 0 Å². The highest BCUT2D eigenvalue weighted by Crippen LogP contribution is 2.26. The molecular weight excluding hydrogens is 302 g/mol. The van der Waals surface area contributed by atoms with E-state index in [1.54, 1.807) is 0 Å².